The minimum absolute atomic E-state index is 0.0806. The minimum Gasteiger partial charge on any atom is -0.478 e. The molecule has 0 aliphatic carbocycles. The molecule has 5 N–H and O–H groups in total. The number of amides is 1. The van der Waals surface area contributed by atoms with E-state index in [2.05, 4.69) is 5.32 Å². The van der Waals surface area contributed by atoms with Crippen molar-refractivity contribution < 1.29 is 24.6 Å². The van der Waals surface area contributed by atoms with Gasteiger partial charge in [-0.1, -0.05) is 20.8 Å². The quantitative estimate of drug-likeness (QED) is 0.664. The Hall–Kier alpha value is -2.41. The molecule has 114 valence electrons. The summed E-state index contributed by atoms with van der Waals surface area (Å²) in [6.45, 7) is 5.36. The summed E-state index contributed by atoms with van der Waals surface area (Å²) in [6, 6.07) is 2.56. The van der Waals surface area contributed by atoms with E-state index >= 15 is 0 Å². The Bertz CT molecular complexity index is 557. The maximum atomic E-state index is 12.0. The number of benzene rings is 1. The lowest BCUT2D eigenvalue weighted by atomic mass is 9.87. The molecule has 0 aliphatic rings. The van der Waals surface area contributed by atoms with E-state index in [1.54, 1.807) is 20.8 Å². The van der Waals surface area contributed by atoms with Crippen LogP contribution >= 0.6 is 0 Å². The second-order valence-corrected chi connectivity index (χ2v) is 5.74. The Morgan fingerprint density at radius 3 is 1.81 bits per heavy atom. The SMILES string of the molecule is CC(C)(C)[C@@H](N)C(=O)Nc1cc(C(=O)O)cc(C(=O)O)c1. The van der Waals surface area contributed by atoms with Gasteiger partial charge in [-0.3, -0.25) is 4.79 Å². The number of aromatic carboxylic acids is 2. The van der Waals surface area contributed by atoms with Gasteiger partial charge >= 0.3 is 11.9 Å². The van der Waals surface area contributed by atoms with Gasteiger partial charge in [0.2, 0.25) is 5.91 Å². The number of anilines is 1. The van der Waals surface area contributed by atoms with Crippen LogP contribution in [-0.4, -0.2) is 34.1 Å². The average molecular weight is 294 g/mol. The number of carboxylic acids is 2. The largest absolute Gasteiger partial charge is 0.478 e. The maximum absolute atomic E-state index is 12.0. The second-order valence-electron chi connectivity index (χ2n) is 5.74. The van der Waals surface area contributed by atoms with Crippen LogP contribution in [0.25, 0.3) is 0 Å². The molecule has 0 bridgehead atoms. The Balaban J connectivity index is 3.11. The Labute approximate surface area is 121 Å². The summed E-state index contributed by atoms with van der Waals surface area (Å²) < 4.78 is 0. The molecular formula is C14H18N2O5. The monoisotopic (exact) mass is 294 g/mol. The van der Waals surface area contributed by atoms with Crippen LogP contribution in [0, 0.1) is 5.41 Å². The van der Waals surface area contributed by atoms with E-state index in [9.17, 15) is 14.4 Å². The second kappa shape index (κ2) is 5.92. The van der Waals surface area contributed by atoms with Crippen LogP contribution < -0.4 is 11.1 Å². The molecule has 1 atom stereocenters. The predicted molar refractivity (Wildman–Crippen MR) is 76.4 cm³/mol. The number of hydrogen-bond acceptors (Lipinski definition) is 4. The summed E-state index contributed by atoms with van der Waals surface area (Å²) in [5.74, 6) is -3.08. The zero-order chi connectivity index (χ0) is 16.4. The third kappa shape index (κ3) is 4.28. The van der Waals surface area contributed by atoms with Gasteiger partial charge in [-0.05, 0) is 23.6 Å². The molecule has 0 fully saturated rings. The molecule has 0 spiro atoms. The molecule has 0 aliphatic heterocycles. The molecular weight excluding hydrogens is 276 g/mol. The average Bonchev–Trinajstić information content (AvgIpc) is 2.36. The molecule has 1 amide bonds. The van der Waals surface area contributed by atoms with Crippen molar-refractivity contribution in [1.29, 1.82) is 0 Å². The van der Waals surface area contributed by atoms with Crippen LogP contribution in [0.3, 0.4) is 0 Å². The topological polar surface area (TPSA) is 130 Å². The molecule has 0 unspecified atom stereocenters. The molecule has 1 aromatic rings. The van der Waals surface area contributed by atoms with Crippen molar-refractivity contribution >= 4 is 23.5 Å². The molecule has 0 aromatic heterocycles. The van der Waals surface area contributed by atoms with Gasteiger partial charge in [-0.25, -0.2) is 9.59 Å². The van der Waals surface area contributed by atoms with Gasteiger partial charge in [-0.15, -0.1) is 0 Å². The highest BCUT2D eigenvalue weighted by atomic mass is 16.4. The van der Waals surface area contributed by atoms with Crippen LogP contribution in [0.1, 0.15) is 41.5 Å². The molecule has 0 radical (unpaired) electrons. The molecule has 1 aromatic carbocycles. The van der Waals surface area contributed by atoms with E-state index in [1.807, 2.05) is 0 Å². The number of hydrogen-bond donors (Lipinski definition) is 4. The van der Waals surface area contributed by atoms with Crippen LogP contribution in [0.15, 0.2) is 18.2 Å². The summed E-state index contributed by atoms with van der Waals surface area (Å²) in [6.07, 6.45) is 0. The van der Waals surface area contributed by atoms with Crippen LogP contribution in [0.4, 0.5) is 5.69 Å². The lowest BCUT2D eigenvalue weighted by Gasteiger charge is -2.25. The normalized spacial score (nSPS) is 12.6. The van der Waals surface area contributed by atoms with Crippen molar-refractivity contribution in [2.45, 2.75) is 26.8 Å². The van der Waals surface area contributed by atoms with Gasteiger partial charge < -0.3 is 21.3 Å². The standard InChI is InChI=1S/C14H18N2O5/c1-14(2,3)10(15)11(17)16-9-5-7(12(18)19)4-8(6-9)13(20)21/h4-6,10H,15H2,1-3H3,(H,16,17)(H,18,19)(H,20,21)/t10-/m0/s1. The zero-order valence-electron chi connectivity index (χ0n) is 12.0. The van der Waals surface area contributed by atoms with Gasteiger partial charge in [0, 0.05) is 5.69 Å². The fourth-order valence-electron chi connectivity index (χ4n) is 1.56. The Morgan fingerprint density at radius 2 is 1.48 bits per heavy atom. The molecule has 1 rings (SSSR count). The van der Waals surface area contributed by atoms with Gasteiger partial charge in [0.15, 0.2) is 0 Å². The van der Waals surface area contributed by atoms with Crippen molar-refractivity contribution in [3.63, 3.8) is 0 Å². The summed E-state index contributed by atoms with van der Waals surface area (Å²) in [5, 5.41) is 20.4. The fourth-order valence-corrected chi connectivity index (χ4v) is 1.56. The molecule has 7 nitrogen and oxygen atoms in total. The van der Waals surface area contributed by atoms with E-state index in [4.69, 9.17) is 15.9 Å². The first-order valence-corrected chi connectivity index (χ1v) is 6.20. The van der Waals surface area contributed by atoms with Crippen molar-refractivity contribution in [1.82, 2.24) is 0 Å². The third-order valence-corrected chi connectivity index (χ3v) is 2.91. The fraction of sp³-hybridized carbons (Fsp3) is 0.357. The first kappa shape index (κ1) is 16.6. The molecule has 0 heterocycles. The van der Waals surface area contributed by atoms with E-state index in [0.29, 0.717) is 0 Å². The number of rotatable bonds is 4. The first-order chi connectivity index (χ1) is 9.52. The summed E-state index contributed by atoms with van der Waals surface area (Å²) >= 11 is 0. The van der Waals surface area contributed by atoms with Crippen molar-refractivity contribution in [2.75, 3.05) is 5.32 Å². The predicted octanol–water partition coefficient (Wildman–Crippen LogP) is 1.39. The van der Waals surface area contributed by atoms with Crippen molar-refractivity contribution in [2.24, 2.45) is 11.1 Å². The highest BCUT2D eigenvalue weighted by molar-refractivity contribution is 6.00. The van der Waals surface area contributed by atoms with E-state index in [0.717, 1.165) is 6.07 Å². The van der Waals surface area contributed by atoms with Crippen molar-refractivity contribution in [3.8, 4) is 0 Å². The lowest BCUT2D eigenvalue weighted by molar-refractivity contribution is -0.119. The minimum atomic E-state index is -1.28. The smallest absolute Gasteiger partial charge is 0.335 e. The number of carbonyl (C=O) groups is 3. The van der Waals surface area contributed by atoms with Crippen LogP contribution in [-0.2, 0) is 4.79 Å². The Kier molecular flexibility index (Phi) is 4.69. The van der Waals surface area contributed by atoms with Crippen LogP contribution in [0.2, 0.25) is 0 Å². The van der Waals surface area contributed by atoms with E-state index in [1.165, 1.54) is 12.1 Å². The summed E-state index contributed by atoms with van der Waals surface area (Å²) in [4.78, 5) is 33.9. The highest BCUT2D eigenvalue weighted by Crippen LogP contribution is 2.20. The van der Waals surface area contributed by atoms with Crippen molar-refractivity contribution in [3.05, 3.63) is 29.3 Å². The third-order valence-electron chi connectivity index (χ3n) is 2.91. The number of carbonyl (C=O) groups excluding carboxylic acids is 1. The van der Waals surface area contributed by atoms with Gasteiger partial charge in [0.1, 0.15) is 0 Å². The van der Waals surface area contributed by atoms with E-state index < -0.39 is 29.3 Å². The zero-order valence-corrected chi connectivity index (χ0v) is 12.0. The highest BCUT2D eigenvalue weighted by Gasteiger charge is 2.27. The van der Waals surface area contributed by atoms with Gasteiger partial charge in [0.05, 0.1) is 17.2 Å². The lowest BCUT2D eigenvalue weighted by Crippen LogP contribution is -2.45. The van der Waals surface area contributed by atoms with E-state index in [-0.39, 0.29) is 16.8 Å². The van der Waals surface area contributed by atoms with Gasteiger partial charge in [-0.2, -0.15) is 0 Å². The van der Waals surface area contributed by atoms with Crippen LogP contribution in [0.5, 0.6) is 0 Å². The molecule has 7 heteroatoms. The maximum Gasteiger partial charge on any atom is 0.335 e. The molecule has 0 saturated carbocycles. The molecule has 0 saturated heterocycles. The summed E-state index contributed by atoms with van der Waals surface area (Å²) in [5.41, 5.74) is 4.94. The van der Waals surface area contributed by atoms with Gasteiger partial charge in [0.25, 0.3) is 0 Å². The number of nitrogens with one attached hydrogen (secondary N) is 1. The number of nitrogens with two attached hydrogens (primary N) is 1. The molecule has 21 heavy (non-hydrogen) atoms. The number of carboxylic acid groups (broad SMARTS) is 2. The Morgan fingerprint density at radius 1 is 1.05 bits per heavy atom. The summed E-state index contributed by atoms with van der Waals surface area (Å²) in [7, 11) is 0. The first-order valence-electron chi connectivity index (χ1n) is 6.20.